The molecular formula is C17H19N5. The zero-order valence-corrected chi connectivity index (χ0v) is 12.6. The second kappa shape index (κ2) is 6.95. The molecule has 3 aromatic rings. The van der Waals surface area contributed by atoms with Gasteiger partial charge in [-0.3, -0.25) is 4.68 Å². The molecule has 112 valence electrons. The highest BCUT2D eigenvalue weighted by atomic mass is 15.3. The third kappa shape index (κ3) is 3.77. The molecule has 5 nitrogen and oxygen atoms in total. The van der Waals surface area contributed by atoms with Crippen LogP contribution in [0.25, 0.3) is 11.4 Å². The lowest BCUT2D eigenvalue weighted by Crippen LogP contribution is -2.20. The Balaban J connectivity index is 1.55. The molecule has 1 N–H and O–H groups in total. The van der Waals surface area contributed by atoms with Gasteiger partial charge < -0.3 is 5.32 Å². The van der Waals surface area contributed by atoms with Crippen molar-refractivity contribution in [2.24, 2.45) is 0 Å². The fraction of sp³-hybridized carbons (Fsp3) is 0.235. The molecule has 22 heavy (non-hydrogen) atoms. The van der Waals surface area contributed by atoms with Gasteiger partial charge in [-0.15, -0.1) is 0 Å². The van der Waals surface area contributed by atoms with E-state index in [0.29, 0.717) is 0 Å². The van der Waals surface area contributed by atoms with E-state index < -0.39 is 0 Å². The third-order valence-electron chi connectivity index (χ3n) is 3.33. The van der Waals surface area contributed by atoms with Crippen LogP contribution in [0, 0.1) is 6.92 Å². The number of nitrogens with one attached hydrogen (secondary N) is 1. The second-order valence-corrected chi connectivity index (χ2v) is 5.20. The topological polar surface area (TPSA) is 55.6 Å². The molecular weight excluding hydrogens is 274 g/mol. The van der Waals surface area contributed by atoms with Crippen LogP contribution < -0.4 is 5.32 Å². The molecule has 0 aliphatic carbocycles. The molecule has 0 amide bonds. The lowest BCUT2D eigenvalue weighted by atomic mass is 10.2. The van der Waals surface area contributed by atoms with E-state index in [9.17, 15) is 0 Å². The lowest BCUT2D eigenvalue weighted by Gasteiger charge is -2.06. The third-order valence-corrected chi connectivity index (χ3v) is 3.33. The first-order valence-electron chi connectivity index (χ1n) is 7.38. The average molecular weight is 293 g/mol. The van der Waals surface area contributed by atoms with Crippen molar-refractivity contribution in [2.45, 2.75) is 20.0 Å². The molecule has 3 rings (SSSR count). The summed E-state index contributed by atoms with van der Waals surface area (Å²) in [5, 5.41) is 7.65. The minimum atomic E-state index is 0.725. The molecule has 2 aromatic heterocycles. The Morgan fingerprint density at radius 3 is 2.77 bits per heavy atom. The summed E-state index contributed by atoms with van der Waals surface area (Å²) in [4.78, 5) is 8.93. The van der Waals surface area contributed by atoms with Crippen LogP contribution in [0.4, 0.5) is 0 Å². The van der Waals surface area contributed by atoms with Gasteiger partial charge in [-0.2, -0.15) is 5.10 Å². The largest absolute Gasteiger partial charge is 0.309 e. The number of aryl methyl sites for hydroxylation is 1. The molecule has 0 spiro atoms. The fourth-order valence-corrected chi connectivity index (χ4v) is 2.22. The van der Waals surface area contributed by atoms with Crippen LogP contribution in [0.5, 0.6) is 0 Å². The lowest BCUT2D eigenvalue weighted by molar-refractivity contribution is 0.551. The van der Waals surface area contributed by atoms with Crippen LogP contribution in [0.3, 0.4) is 0 Å². The number of nitrogens with zero attached hydrogens (tertiary/aromatic N) is 4. The molecule has 5 heteroatoms. The van der Waals surface area contributed by atoms with Gasteiger partial charge in [-0.25, -0.2) is 9.97 Å². The Morgan fingerprint density at radius 2 is 2.00 bits per heavy atom. The van der Waals surface area contributed by atoms with Crippen molar-refractivity contribution in [3.8, 4) is 11.4 Å². The van der Waals surface area contributed by atoms with Crippen molar-refractivity contribution in [1.82, 2.24) is 25.1 Å². The number of rotatable bonds is 6. The van der Waals surface area contributed by atoms with Crippen LogP contribution in [-0.2, 0) is 13.1 Å². The minimum absolute atomic E-state index is 0.725. The standard InChI is InChI=1S/C17H19N5/c1-14-11-20-22(13-14)10-9-18-12-16-7-8-19-17(21-16)15-5-3-2-4-6-15/h2-8,11,13,18H,9-10,12H2,1H3. The van der Waals surface area contributed by atoms with E-state index in [-0.39, 0.29) is 0 Å². The second-order valence-electron chi connectivity index (χ2n) is 5.20. The molecule has 0 fully saturated rings. The normalized spacial score (nSPS) is 10.8. The van der Waals surface area contributed by atoms with Gasteiger partial charge in [-0.05, 0) is 18.6 Å². The molecule has 1 aromatic carbocycles. The number of hydrogen-bond acceptors (Lipinski definition) is 4. The summed E-state index contributed by atoms with van der Waals surface area (Å²) in [7, 11) is 0. The summed E-state index contributed by atoms with van der Waals surface area (Å²) >= 11 is 0. The quantitative estimate of drug-likeness (QED) is 0.709. The van der Waals surface area contributed by atoms with Gasteiger partial charge in [0.1, 0.15) is 0 Å². The number of aromatic nitrogens is 4. The highest BCUT2D eigenvalue weighted by molar-refractivity contribution is 5.54. The Morgan fingerprint density at radius 1 is 1.14 bits per heavy atom. The maximum Gasteiger partial charge on any atom is 0.159 e. The monoisotopic (exact) mass is 293 g/mol. The van der Waals surface area contributed by atoms with E-state index in [1.807, 2.05) is 66.6 Å². The zero-order chi connectivity index (χ0) is 15.2. The van der Waals surface area contributed by atoms with E-state index in [2.05, 4.69) is 20.4 Å². The average Bonchev–Trinajstić information content (AvgIpc) is 2.98. The van der Waals surface area contributed by atoms with Crippen LogP contribution in [-0.4, -0.2) is 26.3 Å². The van der Waals surface area contributed by atoms with Gasteiger partial charge in [-0.1, -0.05) is 30.3 Å². The van der Waals surface area contributed by atoms with Gasteiger partial charge in [0.05, 0.1) is 18.4 Å². The van der Waals surface area contributed by atoms with E-state index in [1.165, 1.54) is 5.56 Å². The van der Waals surface area contributed by atoms with E-state index in [4.69, 9.17) is 0 Å². The first kappa shape index (κ1) is 14.4. The molecule has 0 atom stereocenters. The van der Waals surface area contributed by atoms with E-state index >= 15 is 0 Å². The Labute approximate surface area is 130 Å². The van der Waals surface area contributed by atoms with Gasteiger partial charge in [0, 0.05) is 31.0 Å². The van der Waals surface area contributed by atoms with Gasteiger partial charge in [0.25, 0.3) is 0 Å². The van der Waals surface area contributed by atoms with Crippen molar-refractivity contribution < 1.29 is 0 Å². The molecule has 0 radical (unpaired) electrons. The summed E-state index contributed by atoms with van der Waals surface area (Å²) in [6, 6.07) is 12.0. The molecule has 0 aliphatic rings. The Kier molecular flexibility index (Phi) is 4.56. The van der Waals surface area contributed by atoms with Crippen LogP contribution in [0.15, 0.2) is 55.0 Å². The molecule has 0 bridgehead atoms. The fourth-order valence-electron chi connectivity index (χ4n) is 2.22. The molecule has 0 saturated heterocycles. The maximum atomic E-state index is 4.60. The number of benzene rings is 1. The van der Waals surface area contributed by atoms with Gasteiger partial charge >= 0.3 is 0 Å². The van der Waals surface area contributed by atoms with E-state index in [1.54, 1.807) is 0 Å². The van der Waals surface area contributed by atoms with Crippen molar-refractivity contribution in [1.29, 1.82) is 0 Å². The van der Waals surface area contributed by atoms with E-state index in [0.717, 1.165) is 36.7 Å². The van der Waals surface area contributed by atoms with Crippen molar-refractivity contribution >= 4 is 0 Å². The highest BCUT2D eigenvalue weighted by Gasteiger charge is 2.02. The predicted molar refractivity (Wildman–Crippen MR) is 86.1 cm³/mol. The predicted octanol–water partition coefficient (Wildman–Crippen LogP) is 2.44. The smallest absolute Gasteiger partial charge is 0.159 e. The minimum Gasteiger partial charge on any atom is -0.309 e. The van der Waals surface area contributed by atoms with Crippen molar-refractivity contribution in [2.75, 3.05) is 6.54 Å². The first-order valence-corrected chi connectivity index (χ1v) is 7.38. The Hall–Kier alpha value is -2.53. The first-order chi connectivity index (χ1) is 10.8. The van der Waals surface area contributed by atoms with Crippen molar-refractivity contribution in [3.63, 3.8) is 0 Å². The summed E-state index contributed by atoms with van der Waals surface area (Å²) in [6.45, 7) is 4.47. The SMILES string of the molecule is Cc1cnn(CCNCc2ccnc(-c3ccccc3)n2)c1. The molecule has 0 aliphatic heterocycles. The van der Waals surface area contributed by atoms with Crippen LogP contribution in [0.2, 0.25) is 0 Å². The zero-order valence-electron chi connectivity index (χ0n) is 12.6. The highest BCUT2D eigenvalue weighted by Crippen LogP contribution is 2.13. The molecule has 0 saturated carbocycles. The van der Waals surface area contributed by atoms with Crippen LogP contribution >= 0.6 is 0 Å². The molecule has 0 unspecified atom stereocenters. The van der Waals surface area contributed by atoms with Gasteiger partial charge in [0.15, 0.2) is 5.82 Å². The summed E-state index contributed by atoms with van der Waals surface area (Å²) < 4.78 is 1.94. The van der Waals surface area contributed by atoms with Crippen LogP contribution in [0.1, 0.15) is 11.3 Å². The summed E-state index contributed by atoms with van der Waals surface area (Å²) in [5.74, 6) is 0.766. The Bertz CT molecular complexity index is 721. The summed E-state index contributed by atoms with van der Waals surface area (Å²) in [6.07, 6.45) is 5.72. The maximum absolute atomic E-state index is 4.60. The van der Waals surface area contributed by atoms with Crippen molar-refractivity contribution in [3.05, 3.63) is 66.2 Å². The summed E-state index contributed by atoms with van der Waals surface area (Å²) in [5.41, 5.74) is 3.21. The molecule has 2 heterocycles. The van der Waals surface area contributed by atoms with Gasteiger partial charge in [0.2, 0.25) is 0 Å². The number of hydrogen-bond donors (Lipinski definition) is 1.